The summed E-state index contributed by atoms with van der Waals surface area (Å²) in [5.74, 6) is 1.09. The smallest absolute Gasteiger partial charge is 0.0964 e. The Balaban J connectivity index is 1.88. The molecular weight excluding hydrogens is 226 g/mol. The van der Waals surface area contributed by atoms with Crippen LogP contribution >= 0.6 is 0 Å². The minimum Gasteiger partial charge on any atom is -0.411 e. The van der Waals surface area contributed by atoms with Gasteiger partial charge in [0, 0.05) is 5.92 Å². The molecule has 4 heteroatoms. The molecule has 0 saturated heterocycles. The van der Waals surface area contributed by atoms with Crippen molar-refractivity contribution in [2.75, 3.05) is 0 Å². The predicted octanol–water partition coefficient (Wildman–Crippen LogP) is 2.84. The fourth-order valence-electron chi connectivity index (χ4n) is 3.77. The van der Waals surface area contributed by atoms with Crippen molar-refractivity contribution in [2.24, 2.45) is 17.0 Å². The molecule has 0 amide bonds. The van der Waals surface area contributed by atoms with Gasteiger partial charge in [0.05, 0.1) is 29.1 Å². The Labute approximate surface area is 105 Å². The van der Waals surface area contributed by atoms with Crippen LogP contribution in [0.2, 0.25) is 0 Å². The van der Waals surface area contributed by atoms with Gasteiger partial charge < -0.3 is 9.77 Å². The van der Waals surface area contributed by atoms with Gasteiger partial charge in [-0.05, 0) is 37.3 Å². The van der Waals surface area contributed by atoms with Gasteiger partial charge in [0.25, 0.3) is 0 Å². The second kappa shape index (κ2) is 3.57. The third-order valence-corrected chi connectivity index (χ3v) is 4.54. The van der Waals surface area contributed by atoms with Crippen LogP contribution in [0.15, 0.2) is 35.7 Å². The van der Waals surface area contributed by atoms with Crippen molar-refractivity contribution in [3.63, 3.8) is 0 Å². The SMILES string of the molecule is ON=C1C2CCC(C2)C1n1cnc2ccccc21. The lowest BCUT2D eigenvalue weighted by atomic mass is 9.93. The fraction of sp³-hybridized carbons (Fsp3) is 0.429. The highest BCUT2D eigenvalue weighted by atomic mass is 16.4. The van der Waals surface area contributed by atoms with Crippen LogP contribution in [0.5, 0.6) is 0 Å². The number of rotatable bonds is 1. The van der Waals surface area contributed by atoms with E-state index >= 15 is 0 Å². The molecule has 4 nitrogen and oxygen atoms in total. The van der Waals surface area contributed by atoms with Gasteiger partial charge >= 0.3 is 0 Å². The average molecular weight is 241 g/mol. The highest BCUT2D eigenvalue weighted by molar-refractivity contribution is 5.94. The quantitative estimate of drug-likeness (QED) is 0.616. The molecule has 1 N–H and O–H groups in total. The molecule has 2 aromatic rings. The van der Waals surface area contributed by atoms with Crippen LogP contribution in [0.1, 0.15) is 25.3 Å². The summed E-state index contributed by atoms with van der Waals surface area (Å²) in [4.78, 5) is 4.44. The van der Waals surface area contributed by atoms with Gasteiger partial charge in [-0.3, -0.25) is 0 Å². The number of aromatic nitrogens is 2. The van der Waals surface area contributed by atoms with Gasteiger partial charge in [-0.1, -0.05) is 17.3 Å². The first-order valence-electron chi connectivity index (χ1n) is 6.52. The van der Waals surface area contributed by atoms with Gasteiger partial charge in [0.1, 0.15) is 0 Å². The first kappa shape index (κ1) is 10.1. The van der Waals surface area contributed by atoms with E-state index in [4.69, 9.17) is 0 Å². The zero-order valence-electron chi connectivity index (χ0n) is 10.0. The second-order valence-electron chi connectivity index (χ2n) is 5.38. The highest BCUT2D eigenvalue weighted by Crippen LogP contribution is 2.49. The molecule has 3 atom stereocenters. The van der Waals surface area contributed by atoms with E-state index in [1.54, 1.807) is 0 Å². The molecule has 0 spiro atoms. The predicted molar refractivity (Wildman–Crippen MR) is 68.8 cm³/mol. The molecular formula is C14H15N3O. The molecule has 18 heavy (non-hydrogen) atoms. The molecule has 1 heterocycles. The Bertz CT molecular complexity index is 631. The van der Waals surface area contributed by atoms with Crippen LogP contribution < -0.4 is 0 Å². The highest BCUT2D eigenvalue weighted by Gasteiger charge is 2.46. The fourth-order valence-corrected chi connectivity index (χ4v) is 3.77. The first-order valence-corrected chi connectivity index (χ1v) is 6.52. The molecule has 1 aromatic heterocycles. The van der Waals surface area contributed by atoms with E-state index in [0.717, 1.165) is 23.2 Å². The van der Waals surface area contributed by atoms with E-state index in [1.807, 2.05) is 24.5 Å². The third-order valence-electron chi connectivity index (χ3n) is 4.54. The van der Waals surface area contributed by atoms with Crippen LogP contribution in [0, 0.1) is 11.8 Å². The zero-order valence-corrected chi connectivity index (χ0v) is 10.0. The van der Waals surface area contributed by atoms with Crippen molar-refractivity contribution in [3.05, 3.63) is 30.6 Å². The number of para-hydroxylation sites is 2. The van der Waals surface area contributed by atoms with Crippen molar-refractivity contribution in [2.45, 2.75) is 25.3 Å². The Kier molecular flexibility index (Phi) is 2.01. The van der Waals surface area contributed by atoms with Crippen LogP contribution in [-0.4, -0.2) is 20.5 Å². The van der Waals surface area contributed by atoms with Crippen LogP contribution in [-0.2, 0) is 0 Å². The number of hydrogen-bond acceptors (Lipinski definition) is 3. The summed E-state index contributed by atoms with van der Waals surface area (Å²) < 4.78 is 2.19. The minimum absolute atomic E-state index is 0.209. The maximum atomic E-state index is 9.28. The Morgan fingerprint density at radius 2 is 2.17 bits per heavy atom. The largest absolute Gasteiger partial charge is 0.411 e. The van der Waals surface area contributed by atoms with E-state index in [2.05, 4.69) is 20.8 Å². The van der Waals surface area contributed by atoms with E-state index in [9.17, 15) is 5.21 Å². The molecule has 1 aromatic carbocycles. The molecule has 2 aliphatic carbocycles. The first-order chi connectivity index (χ1) is 8.88. The summed E-state index contributed by atoms with van der Waals surface area (Å²) in [6.07, 6.45) is 5.46. The minimum atomic E-state index is 0.209. The molecule has 2 bridgehead atoms. The van der Waals surface area contributed by atoms with Gasteiger partial charge in [-0.15, -0.1) is 0 Å². The number of oxime groups is 1. The van der Waals surface area contributed by atoms with E-state index < -0.39 is 0 Å². The molecule has 0 aliphatic heterocycles. The Morgan fingerprint density at radius 3 is 3.06 bits per heavy atom. The Morgan fingerprint density at radius 1 is 1.28 bits per heavy atom. The van der Waals surface area contributed by atoms with Gasteiger partial charge in [-0.2, -0.15) is 0 Å². The van der Waals surface area contributed by atoms with E-state index in [-0.39, 0.29) is 6.04 Å². The molecule has 3 unspecified atom stereocenters. The van der Waals surface area contributed by atoms with Gasteiger partial charge in [0.15, 0.2) is 0 Å². The lowest BCUT2D eigenvalue weighted by Gasteiger charge is -2.24. The summed E-state index contributed by atoms with van der Waals surface area (Å²) in [6, 6.07) is 8.35. The molecule has 0 radical (unpaired) electrons. The molecule has 4 rings (SSSR count). The van der Waals surface area contributed by atoms with E-state index in [1.165, 1.54) is 12.8 Å². The maximum Gasteiger partial charge on any atom is 0.0964 e. The Hall–Kier alpha value is -1.84. The number of fused-ring (bicyclic) bond motifs is 3. The van der Waals surface area contributed by atoms with Crippen molar-refractivity contribution < 1.29 is 5.21 Å². The third kappa shape index (κ3) is 1.20. The lowest BCUT2D eigenvalue weighted by molar-refractivity contribution is 0.307. The number of imidazole rings is 1. The van der Waals surface area contributed by atoms with Crippen molar-refractivity contribution in [1.82, 2.24) is 9.55 Å². The number of benzene rings is 1. The lowest BCUT2D eigenvalue weighted by Crippen LogP contribution is -2.25. The van der Waals surface area contributed by atoms with Crippen molar-refractivity contribution in [3.8, 4) is 0 Å². The van der Waals surface area contributed by atoms with Gasteiger partial charge in [0.2, 0.25) is 0 Å². The summed E-state index contributed by atoms with van der Waals surface area (Å²) in [6.45, 7) is 0. The van der Waals surface area contributed by atoms with Crippen LogP contribution in [0.3, 0.4) is 0 Å². The number of nitrogens with zero attached hydrogens (tertiary/aromatic N) is 3. The van der Waals surface area contributed by atoms with Crippen molar-refractivity contribution >= 4 is 16.7 Å². The molecule has 2 fully saturated rings. The zero-order chi connectivity index (χ0) is 12.1. The average Bonchev–Trinajstić information content (AvgIpc) is 3.11. The summed E-state index contributed by atoms with van der Waals surface area (Å²) >= 11 is 0. The second-order valence-corrected chi connectivity index (χ2v) is 5.38. The normalized spacial score (nSPS) is 32.7. The summed E-state index contributed by atoms with van der Waals surface area (Å²) in [5.41, 5.74) is 3.10. The molecule has 2 saturated carbocycles. The summed E-state index contributed by atoms with van der Waals surface area (Å²) in [7, 11) is 0. The van der Waals surface area contributed by atoms with Crippen molar-refractivity contribution in [1.29, 1.82) is 0 Å². The monoisotopic (exact) mass is 241 g/mol. The van der Waals surface area contributed by atoms with Crippen LogP contribution in [0.4, 0.5) is 0 Å². The molecule has 92 valence electrons. The van der Waals surface area contributed by atoms with Crippen LogP contribution in [0.25, 0.3) is 11.0 Å². The standard InChI is InChI=1S/C14H15N3O/c18-16-13-9-5-6-10(7-9)14(13)17-8-15-11-3-1-2-4-12(11)17/h1-4,8-10,14,18H,5-7H2. The van der Waals surface area contributed by atoms with Gasteiger partial charge in [-0.25, -0.2) is 4.98 Å². The maximum absolute atomic E-state index is 9.28. The topological polar surface area (TPSA) is 50.4 Å². The number of hydrogen-bond donors (Lipinski definition) is 1. The van der Waals surface area contributed by atoms with E-state index in [0.29, 0.717) is 11.8 Å². The summed E-state index contributed by atoms with van der Waals surface area (Å²) in [5, 5.41) is 12.9. The molecule has 2 aliphatic rings.